The smallest absolute Gasteiger partial charge is 0.245 e. The van der Waals surface area contributed by atoms with Crippen molar-refractivity contribution >= 4 is 38.7 Å². The number of aryl methyl sites for hydroxylation is 1. The number of nitrogens with one attached hydrogen (secondary N) is 1. The van der Waals surface area contributed by atoms with Crippen LogP contribution in [0.25, 0.3) is 11.0 Å². The van der Waals surface area contributed by atoms with E-state index in [0.29, 0.717) is 23.1 Å². The Morgan fingerprint density at radius 2 is 1.77 bits per heavy atom. The van der Waals surface area contributed by atoms with Gasteiger partial charge in [-0.1, -0.05) is 41.6 Å². The van der Waals surface area contributed by atoms with Gasteiger partial charge in [0.2, 0.25) is 15.9 Å². The molecular weight excluding hydrogens is 536 g/mol. The van der Waals surface area contributed by atoms with Crippen LogP contribution in [0.3, 0.4) is 0 Å². The van der Waals surface area contributed by atoms with Gasteiger partial charge in [-0.3, -0.25) is 4.79 Å². The summed E-state index contributed by atoms with van der Waals surface area (Å²) < 4.78 is 39.6. The zero-order chi connectivity index (χ0) is 27.6. The molecule has 1 aliphatic heterocycles. The van der Waals surface area contributed by atoms with E-state index >= 15 is 0 Å². The SMILES string of the molecule is CCOc1ccc2nc(SCC(=O)N3CCN(S(=O)(=O)c4ccc(C)cc4)[C@H]3c3ccc(OC)cc3)[nH]c2c1. The highest BCUT2D eigenvalue weighted by molar-refractivity contribution is 7.99. The molecule has 39 heavy (non-hydrogen) atoms. The Bertz CT molecular complexity index is 1570. The van der Waals surface area contributed by atoms with Crippen molar-refractivity contribution in [2.45, 2.75) is 30.1 Å². The average Bonchev–Trinajstić information content (AvgIpc) is 3.57. The molecule has 4 aromatic rings. The number of aromatic amines is 1. The van der Waals surface area contributed by atoms with Gasteiger partial charge in [0.25, 0.3) is 0 Å². The lowest BCUT2D eigenvalue weighted by Gasteiger charge is -2.30. The lowest BCUT2D eigenvalue weighted by molar-refractivity contribution is -0.130. The van der Waals surface area contributed by atoms with Crippen LogP contribution in [-0.2, 0) is 14.8 Å². The topological polar surface area (TPSA) is 105 Å². The molecule has 0 unspecified atom stereocenters. The Hall–Kier alpha value is -3.54. The van der Waals surface area contributed by atoms with E-state index < -0.39 is 16.2 Å². The maximum atomic E-state index is 13.7. The molecule has 3 aromatic carbocycles. The fraction of sp³-hybridized carbons (Fsp3) is 0.286. The summed E-state index contributed by atoms with van der Waals surface area (Å²) in [6, 6.07) is 19.5. The molecule has 1 atom stereocenters. The summed E-state index contributed by atoms with van der Waals surface area (Å²) in [6.45, 7) is 4.87. The summed E-state index contributed by atoms with van der Waals surface area (Å²) in [5, 5.41) is 0.608. The molecule has 1 fully saturated rings. The Kier molecular flexibility index (Phi) is 7.83. The number of aromatic nitrogens is 2. The molecular formula is C28H30N4O5S2. The summed E-state index contributed by atoms with van der Waals surface area (Å²) in [4.78, 5) is 23.2. The van der Waals surface area contributed by atoms with Gasteiger partial charge in [-0.15, -0.1) is 0 Å². The van der Waals surface area contributed by atoms with Gasteiger partial charge >= 0.3 is 0 Å². The van der Waals surface area contributed by atoms with Crippen molar-refractivity contribution in [2.75, 3.05) is 32.6 Å². The van der Waals surface area contributed by atoms with Gasteiger partial charge < -0.3 is 19.4 Å². The molecule has 204 valence electrons. The fourth-order valence-electron chi connectivity index (χ4n) is 4.59. The van der Waals surface area contributed by atoms with Crippen molar-refractivity contribution in [2.24, 2.45) is 0 Å². The van der Waals surface area contributed by atoms with Crippen LogP contribution in [0, 0.1) is 6.92 Å². The van der Waals surface area contributed by atoms with E-state index in [4.69, 9.17) is 9.47 Å². The number of thioether (sulfide) groups is 1. The van der Waals surface area contributed by atoms with Crippen LogP contribution in [0.15, 0.2) is 76.8 Å². The number of imidazole rings is 1. The first-order valence-electron chi connectivity index (χ1n) is 12.6. The van der Waals surface area contributed by atoms with Gasteiger partial charge in [0.15, 0.2) is 5.16 Å². The minimum absolute atomic E-state index is 0.100. The molecule has 5 rings (SSSR count). The second-order valence-electron chi connectivity index (χ2n) is 9.11. The van der Waals surface area contributed by atoms with Crippen molar-refractivity contribution in [3.05, 3.63) is 77.9 Å². The third-order valence-corrected chi connectivity index (χ3v) is 9.29. The molecule has 0 aliphatic carbocycles. The van der Waals surface area contributed by atoms with E-state index in [9.17, 15) is 13.2 Å². The highest BCUT2D eigenvalue weighted by atomic mass is 32.2. The van der Waals surface area contributed by atoms with Crippen molar-refractivity contribution in [3.63, 3.8) is 0 Å². The van der Waals surface area contributed by atoms with Crippen LogP contribution in [0.1, 0.15) is 24.2 Å². The minimum Gasteiger partial charge on any atom is -0.497 e. The minimum atomic E-state index is -3.86. The highest BCUT2D eigenvalue weighted by Crippen LogP contribution is 2.36. The van der Waals surface area contributed by atoms with Crippen molar-refractivity contribution in [1.82, 2.24) is 19.2 Å². The molecule has 2 heterocycles. The van der Waals surface area contributed by atoms with Crippen LogP contribution in [0.5, 0.6) is 11.5 Å². The molecule has 1 aromatic heterocycles. The number of methoxy groups -OCH3 is 1. The quantitative estimate of drug-likeness (QED) is 0.295. The monoisotopic (exact) mass is 566 g/mol. The predicted octanol–water partition coefficient (Wildman–Crippen LogP) is 4.60. The number of H-pyrrole nitrogens is 1. The lowest BCUT2D eigenvalue weighted by atomic mass is 10.1. The Labute approximate surface area is 232 Å². The first kappa shape index (κ1) is 27.0. The molecule has 0 bridgehead atoms. The molecule has 0 spiro atoms. The zero-order valence-electron chi connectivity index (χ0n) is 22.0. The van der Waals surface area contributed by atoms with Gasteiger partial charge in [0.1, 0.15) is 17.7 Å². The van der Waals surface area contributed by atoms with Crippen molar-refractivity contribution in [1.29, 1.82) is 0 Å². The van der Waals surface area contributed by atoms with Gasteiger partial charge in [-0.2, -0.15) is 4.31 Å². The maximum Gasteiger partial charge on any atom is 0.245 e. The number of hydrogen-bond donors (Lipinski definition) is 1. The van der Waals surface area contributed by atoms with Crippen molar-refractivity contribution in [3.8, 4) is 11.5 Å². The largest absolute Gasteiger partial charge is 0.497 e. The zero-order valence-corrected chi connectivity index (χ0v) is 23.6. The predicted molar refractivity (Wildman–Crippen MR) is 151 cm³/mol. The number of nitrogens with zero attached hydrogens (tertiary/aromatic N) is 3. The van der Waals surface area contributed by atoms with E-state index in [0.717, 1.165) is 22.3 Å². The molecule has 1 aliphatic rings. The van der Waals surface area contributed by atoms with Gasteiger partial charge in [-0.05, 0) is 55.8 Å². The van der Waals surface area contributed by atoms with Crippen LogP contribution in [0.2, 0.25) is 0 Å². The van der Waals surface area contributed by atoms with Crippen LogP contribution >= 0.6 is 11.8 Å². The van der Waals surface area contributed by atoms with Gasteiger partial charge in [-0.25, -0.2) is 13.4 Å². The third kappa shape index (κ3) is 5.61. The summed E-state index contributed by atoms with van der Waals surface area (Å²) in [6.07, 6.45) is -0.778. The lowest BCUT2D eigenvalue weighted by Crippen LogP contribution is -2.38. The summed E-state index contributed by atoms with van der Waals surface area (Å²) in [7, 11) is -2.29. The number of carbonyl (C=O) groups excluding carboxylic acids is 1. The maximum absolute atomic E-state index is 13.7. The number of hydrogen-bond acceptors (Lipinski definition) is 7. The fourth-order valence-corrected chi connectivity index (χ4v) is 6.93. The number of fused-ring (bicyclic) bond motifs is 1. The van der Waals surface area contributed by atoms with Gasteiger partial charge in [0, 0.05) is 19.2 Å². The van der Waals surface area contributed by atoms with E-state index in [1.165, 1.54) is 16.1 Å². The summed E-state index contributed by atoms with van der Waals surface area (Å²) in [5.41, 5.74) is 3.26. The molecule has 11 heteroatoms. The average molecular weight is 567 g/mol. The molecule has 1 N–H and O–H groups in total. The van der Waals surface area contributed by atoms with E-state index in [-0.39, 0.29) is 29.6 Å². The Morgan fingerprint density at radius 3 is 2.46 bits per heavy atom. The standard InChI is InChI=1S/C28H30N4O5S2/c1-4-37-22-11-14-24-25(17-22)30-28(29-24)38-18-26(33)31-15-16-32(27(31)20-7-9-21(36-3)10-8-20)39(34,35)23-12-5-19(2)6-13-23/h5-14,17,27H,4,15-16,18H2,1-3H3,(H,29,30)/t27-/m0/s1. The molecule has 1 saturated heterocycles. The number of carbonyl (C=O) groups is 1. The number of rotatable bonds is 9. The number of ether oxygens (including phenoxy) is 2. The molecule has 9 nitrogen and oxygen atoms in total. The van der Waals surface area contributed by atoms with Crippen LogP contribution in [-0.4, -0.2) is 66.1 Å². The third-order valence-electron chi connectivity index (χ3n) is 6.57. The first-order chi connectivity index (χ1) is 18.8. The number of benzene rings is 3. The Morgan fingerprint density at radius 1 is 1.05 bits per heavy atom. The molecule has 0 radical (unpaired) electrons. The summed E-state index contributed by atoms with van der Waals surface area (Å²) in [5.74, 6) is 1.31. The van der Waals surface area contributed by atoms with Crippen LogP contribution in [0.4, 0.5) is 0 Å². The first-order valence-corrected chi connectivity index (χ1v) is 15.0. The second kappa shape index (κ2) is 11.3. The second-order valence-corrected chi connectivity index (χ2v) is 12.0. The molecule has 0 saturated carbocycles. The number of sulfonamides is 1. The van der Waals surface area contributed by atoms with Crippen LogP contribution < -0.4 is 9.47 Å². The highest BCUT2D eigenvalue weighted by Gasteiger charge is 2.43. The summed E-state index contributed by atoms with van der Waals surface area (Å²) >= 11 is 1.28. The van der Waals surface area contributed by atoms with E-state index in [1.807, 2.05) is 32.0 Å². The Balaban J connectivity index is 1.39. The number of amides is 1. The normalized spacial score (nSPS) is 16.1. The molecule has 1 amide bonds. The van der Waals surface area contributed by atoms with Gasteiger partial charge in [0.05, 0.1) is 35.4 Å². The van der Waals surface area contributed by atoms with E-state index in [1.54, 1.807) is 60.5 Å². The van der Waals surface area contributed by atoms with E-state index in [2.05, 4.69) is 9.97 Å². The van der Waals surface area contributed by atoms with Crippen molar-refractivity contribution < 1.29 is 22.7 Å².